The molecular formula is C18H14ClNO3. The van der Waals surface area contributed by atoms with Crippen molar-refractivity contribution in [3.63, 3.8) is 0 Å². The molecule has 0 radical (unpaired) electrons. The van der Waals surface area contributed by atoms with Crippen LogP contribution in [-0.2, 0) is 11.2 Å². The topological polar surface area (TPSA) is 48.3 Å². The molecule has 3 aromatic rings. The number of rotatable bonds is 3. The third-order valence-corrected chi connectivity index (χ3v) is 3.87. The van der Waals surface area contributed by atoms with E-state index in [9.17, 15) is 9.59 Å². The van der Waals surface area contributed by atoms with Crippen LogP contribution in [0.1, 0.15) is 20.7 Å². The number of para-hydroxylation sites is 1. The van der Waals surface area contributed by atoms with E-state index in [1.807, 2.05) is 18.2 Å². The van der Waals surface area contributed by atoms with E-state index in [1.165, 1.54) is 17.9 Å². The first-order chi connectivity index (χ1) is 11.1. The number of hydrogen-bond donors (Lipinski definition) is 0. The highest BCUT2D eigenvalue weighted by Crippen LogP contribution is 2.23. The number of methoxy groups -OCH3 is 1. The third-order valence-electron chi connectivity index (χ3n) is 3.63. The highest BCUT2D eigenvalue weighted by atomic mass is 35.5. The fourth-order valence-electron chi connectivity index (χ4n) is 2.57. The van der Waals surface area contributed by atoms with Gasteiger partial charge < -0.3 is 4.74 Å². The maximum Gasteiger partial charge on any atom is 0.340 e. The average molecular weight is 328 g/mol. The molecule has 0 aliphatic heterocycles. The monoisotopic (exact) mass is 327 g/mol. The Morgan fingerprint density at radius 2 is 1.91 bits per heavy atom. The molecule has 0 unspecified atom stereocenters. The number of fused-ring (bicyclic) bond motifs is 1. The Labute approximate surface area is 138 Å². The summed E-state index contributed by atoms with van der Waals surface area (Å²) in [6.45, 7) is 0. The quantitative estimate of drug-likeness (QED) is 0.684. The van der Waals surface area contributed by atoms with Crippen molar-refractivity contribution in [1.82, 2.24) is 4.57 Å². The average Bonchev–Trinajstić information content (AvgIpc) is 2.94. The fraction of sp³-hybridized carbons (Fsp3) is 0.111. The van der Waals surface area contributed by atoms with Crippen molar-refractivity contribution in [2.24, 2.45) is 0 Å². The Balaban J connectivity index is 2.02. The lowest BCUT2D eigenvalue weighted by molar-refractivity contribution is 0.0603. The number of nitrogens with zero attached hydrogens (tertiary/aromatic N) is 1. The number of carbonyl (C=O) groups excluding carboxylic acids is 2. The Kier molecular flexibility index (Phi) is 4.17. The van der Waals surface area contributed by atoms with E-state index in [-0.39, 0.29) is 12.3 Å². The van der Waals surface area contributed by atoms with E-state index in [0.717, 1.165) is 5.56 Å². The lowest BCUT2D eigenvalue weighted by Crippen LogP contribution is -2.12. The van der Waals surface area contributed by atoms with Gasteiger partial charge in [-0.2, -0.15) is 0 Å². The van der Waals surface area contributed by atoms with Crippen molar-refractivity contribution in [2.75, 3.05) is 7.11 Å². The van der Waals surface area contributed by atoms with Crippen molar-refractivity contribution in [3.05, 3.63) is 70.9 Å². The van der Waals surface area contributed by atoms with E-state index in [1.54, 1.807) is 30.3 Å². The van der Waals surface area contributed by atoms with Crippen molar-refractivity contribution < 1.29 is 14.3 Å². The van der Waals surface area contributed by atoms with Gasteiger partial charge in [0, 0.05) is 16.6 Å². The van der Waals surface area contributed by atoms with E-state index in [0.29, 0.717) is 21.5 Å². The molecule has 1 aromatic heterocycles. The van der Waals surface area contributed by atoms with Crippen LogP contribution in [0.3, 0.4) is 0 Å². The highest BCUT2D eigenvalue weighted by Gasteiger charge is 2.18. The number of aromatic nitrogens is 1. The second-order valence-corrected chi connectivity index (χ2v) is 5.56. The second kappa shape index (κ2) is 6.26. The second-order valence-electron chi connectivity index (χ2n) is 5.12. The minimum Gasteiger partial charge on any atom is -0.465 e. The molecule has 0 atom stereocenters. The van der Waals surface area contributed by atoms with Crippen LogP contribution in [0.5, 0.6) is 0 Å². The molecule has 2 aromatic carbocycles. The van der Waals surface area contributed by atoms with Crippen molar-refractivity contribution in [2.45, 2.75) is 6.42 Å². The summed E-state index contributed by atoms with van der Waals surface area (Å²) in [6, 6.07) is 14.4. The summed E-state index contributed by atoms with van der Waals surface area (Å²) in [6.07, 6.45) is 1.73. The van der Waals surface area contributed by atoms with Crippen molar-refractivity contribution in [3.8, 4) is 0 Å². The van der Waals surface area contributed by atoms with Crippen molar-refractivity contribution in [1.29, 1.82) is 0 Å². The SMILES string of the molecule is COC(=O)c1cn(C(=O)Cc2cccc(Cl)c2)c2ccccc12. The Morgan fingerprint density at radius 1 is 1.13 bits per heavy atom. The van der Waals surface area contributed by atoms with E-state index < -0.39 is 5.97 Å². The summed E-state index contributed by atoms with van der Waals surface area (Å²) in [5.74, 6) is -0.603. The fourth-order valence-corrected chi connectivity index (χ4v) is 2.78. The van der Waals surface area contributed by atoms with Crippen LogP contribution in [0.25, 0.3) is 10.9 Å². The molecule has 0 saturated carbocycles. The van der Waals surface area contributed by atoms with Crippen LogP contribution in [0.15, 0.2) is 54.7 Å². The molecule has 0 spiro atoms. The van der Waals surface area contributed by atoms with Crippen molar-refractivity contribution >= 4 is 34.4 Å². The molecule has 5 heteroatoms. The van der Waals surface area contributed by atoms with E-state index in [2.05, 4.69) is 0 Å². The zero-order valence-electron chi connectivity index (χ0n) is 12.5. The summed E-state index contributed by atoms with van der Waals surface area (Å²) in [5.41, 5.74) is 1.88. The van der Waals surface area contributed by atoms with Crippen LogP contribution >= 0.6 is 11.6 Å². The van der Waals surface area contributed by atoms with Crippen LogP contribution in [0, 0.1) is 0 Å². The van der Waals surface area contributed by atoms with Crippen LogP contribution in [0.2, 0.25) is 5.02 Å². The van der Waals surface area contributed by atoms with Gasteiger partial charge in [-0.1, -0.05) is 41.9 Å². The van der Waals surface area contributed by atoms with Gasteiger partial charge in [0.15, 0.2) is 0 Å². The van der Waals surface area contributed by atoms with Gasteiger partial charge in [-0.05, 0) is 23.8 Å². The summed E-state index contributed by atoms with van der Waals surface area (Å²) < 4.78 is 6.28. The number of esters is 1. The van der Waals surface area contributed by atoms with E-state index in [4.69, 9.17) is 16.3 Å². The smallest absolute Gasteiger partial charge is 0.340 e. The normalized spacial score (nSPS) is 10.7. The molecule has 0 aliphatic rings. The standard InChI is InChI=1S/C18H14ClNO3/c1-23-18(22)15-11-20(16-8-3-2-7-14(15)16)17(21)10-12-5-4-6-13(19)9-12/h2-9,11H,10H2,1H3. The summed E-state index contributed by atoms with van der Waals surface area (Å²) in [5, 5.41) is 1.28. The Hall–Kier alpha value is -2.59. The molecular weight excluding hydrogens is 314 g/mol. The molecule has 23 heavy (non-hydrogen) atoms. The van der Waals surface area contributed by atoms with Gasteiger partial charge in [-0.3, -0.25) is 9.36 Å². The predicted molar refractivity (Wildman–Crippen MR) is 89.1 cm³/mol. The molecule has 3 rings (SSSR count). The number of hydrogen-bond acceptors (Lipinski definition) is 3. The third kappa shape index (κ3) is 2.98. The van der Waals surface area contributed by atoms with Crippen LogP contribution in [-0.4, -0.2) is 23.6 Å². The molecule has 0 saturated heterocycles. The first kappa shape index (κ1) is 15.3. The summed E-state index contributed by atoms with van der Waals surface area (Å²) in [7, 11) is 1.32. The lowest BCUT2D eigenvalue weighted by Gasteiger charge is -2.04. The van der Waals surface area contributed by atoms with Gasteiger partial charge in [0.25, 0.3) is 0 Å². The van der Waals surface area contributed by atoms with Gasteiger partial charge >= 0.3 is 5.97 Å². The first-order valence-electron chi connectivity index (χ1n) is 7.06. The zero-order chi connectivity index (χ0) is 16.4. The number of ether oxygens (including phenoxy) is 1. The number of carbonyl (C=O) groups is 2. The molecule has 0 N–H and O–H groups in total. The first-order valence-corrected chi connectivity index (χ1v) is 7.44. The summed E-state index contributed by atoms with van der Waals surface area (Å²) in [4.78, 5) is 24.5. The largest absolute Gasteiger partial charge is 0.465 e. The van der Waals surface area contributed by atoms with Gasteiger partial charge in [0.2, 0.25) is 5.91 Å². The van der Waals surface area contributed by atoms with E-state index >= 15 is 0 Å². The minimum absolute atomic E-state index is 0.140. The number of benzene rings is 2. The maximum absolute atomic E-state index is 12.6. The maximum atomic E-state index is 12.6. The van der Waals surface area contributed by atoms with Gasteiger partial charge in [0.05, 0.1) is 24.6 Å². The molecule has 116 valence electrons. The Morgan fingerprint density at radius 3 is 2.65 bits per heavy atom. The van der Waals surface area contributed by atoms with Gasteiger partial charge in [-0.15, -0.1) is 0 Å². The predicted octanol–water partition coefficient (Wildman–Crippen LogP) is 3.96. The van der Waals surface area contributed by atoms with Gasteiger partial charge in [-0.25, -0.2) is 4.79 Å². The van der Waals surface area contributed by atoms with Crippen LogP contribution in [0.4, 0.5) is 0 Å². The molecule has 4 nitrogen and oxygen atoms in total. The van der Waals surface area contributed by atoms with Crippen LogP contribution < -0.4 is 0 Å². The molecule has 0 fully saturated rings. The van der Waals surface area contributed by atoms with Gasteiger partial charge in [0.1, 0.15) is 0 Å². The lowest BCUT2D eigenvalue weighted by atomic mass is 10.1. The molecule has 0 amide bonds. The zero-order valence-corrected chi connectivity index (χ0v) is 13.2. The number of halogens is 1. The molecule has 0 aliphatic carbocycles. The minimum atomic E-state index is -0.462. The highest BCUT2D eigenvalue weighted by molar-refractivity contribution is 6.30. The molecule has 0 bridgehead atoms. The summed E-state index contributed by atoms with van der Waals surface area (Å²) >= 11 is 5.95. The molecule has 1 heterocycles. The Bertz CT molecular complexity index is 898.